The number of anilines is 1. The lowest BCUT2D eigenvalue weighted by atomic mass is 9.96. The molecule has 2 aromatic rings. The molecular weight excluding hydrogens is 376 g/mol. The number of carbonyl (C=O) groups is 2. The normalized spacial score (nSPS) is 14.4. The zero-order chi connectivity index (χ0) is 21.6. The fourth-order valence-corrected chi connectivity index (χ4v) is 3.24. The van der Waals surface area contributed by atoms with Gasteiger partial charge in [-0.25, -0.2) is 4.79 Å². The van der Waals surface area contributed by atoms with E-state index in [1.54, 1.807) is 4.90 Å². The second-order valence-electron chi connectivity index (χ2n) is 8.43. The standard InChI is InChI=1S/C25H28N2O3/c1-25(2,3)30-24(29)27-16-14-21(15-17-27)23(28)26-22-11-7-10-20(18-22)13-12-19-8-5-4-6-9-19/h4-11,18,21H,14-17H2,1-3H3,(H,26,28). The quantitative estimate of drug-likeness (QED) is 0.740. The molecule has 1 saturated heterocycles. The molecule has 0 unspecified atom stereocenters. The number of hydrogen-bond donors (Lipinski definition) is 1. The first-order valence-corrected chi connectivity index (χ1v) is 10.3. The van der Waals surface area contributed by atoms with Gasteiger partial charge in [-0.3, -0.25) is 4.79 Å². The number of amides is 2. The molecule has 1 N–H and O–H groups in total. The van der Waals surface area contributed by atoms with Crippen molar-refractivity contribution in [3.8, 4) is 11.8 Å². The lowest BCUT2D eigenvalue weighted by Crippen LogP contribution is -2.43. The molecule has 5 nitrogen and oxygen atoms in total. The Morgan fingerprint density at radius 1 is 0.967 bits per heavy atom. The van der Waals surface area contributed by atoms with Crippen LogP contribution in [0.3, 0.4) is 0 Å². The number of rotatable bonds is 2. The van der Waals surface area contributed by atoms with Crippen LogP contribution in [0.15, 0.2) is 54.6 Å². The van der Waals surface area contributed by atoms with Crippen LogP contribution in [0, 0.1) is 17.8 Å². The molecule has 1 aliphatic rings. The molecule has 2 amide bonds. The average molecular weight is 405 g/mol. The summed E-state index contributed by atoms with van der Waals surface area (Å²) in [4.78, 5) is 26.5. The summed E-state index contributed by atoms with van der Waals surface area (Å²) in [6.45, 7) is 6.60. The van der Waals surface area contributed by atoms with Gasteiger partial charge in [0.2, 0.25) is 5.91 Å². The minimum absolute atomic E-state index is 0.0213. The van der Waals surface area contributed by atoms with Crippen molar-refractivity contribution >= 4 is 17.7 Å². The summed E-state index contributed by atoms with van der Waals surface area (Å²) in [5.74, 6) is 6.11. The van der Waals surface area contributed by atoms with E-state index in [4.69, 9.17) is 4.74 Å². The Balaban J connectivity index is 1.55. The topological polar surface area (TPSA) is 58.6 Å². The van der Waals surface area contributed by atoms with Crippen molar-refractivity contribution in [3.63, 3.8) is 0 Å². The molecule has 156 valence electrons. The minimum Gasteiger partial charge on any atom is -0.444 e. The Morgan fingerprint density at radius 2 is 1.60 bits per heavy atom. The van der Waals surface area contributed by atoms with E-state index in [1.165, 1.54) is 0 Å². The zero-order valence-electron chi connectivity index (χ0n) is 17.8. The molecule has 0 atom stereocenters. The third kappa shape index (κ3) is 6.38. The van der Waals surface area contributed by atoms with E-state index >= 15 is 0 Å². The summed E-state index contributed by atoms with van der Waals surface area (Å²) in [7, 11) is 0. The average Bonchev–Trinajstić information content (AvgIpc) is 2.72. The molecule has 0 aliphatic carbocycles. The van der Waals surface area contributed by atoms with Crippen LogP contribution in [0.4, 0.5) is 10.5 Å². The van der Waals surface area contributed by atoms with Gasteiger partial charge in [0.25, 0.3) is 0 Å². The van der Waals surface area contributed by atoms with Crippen LogP contribution < -0.4 is 5.32 Å². The Kier molecular flexibility index (Phi) is 6.79. The third-order valence-corrected chi connectivity index (χ3v) is 4.77. The maximum Gasteiger partial charge on any atom is 0.410 e. The predicted octanol–water partition coefficient (Wildman–Crippen LogP) is 4.67. The van der Waals surface area contributed by atoms with E-state index in [1.807, 2.05) is 75.4 Å². The van der Waals surface area contributed by atoms with Crippen LogP contribution in [-0.4, -0.2) is 35.6 Å². The van der Waals surface area contributed by atoms with Gasteiger partial charge in [-0.05, 0) is 63.9 Å². The van der Waals surface area contributed by atoms with Gasteiger partial charge in [-0.15, -0.1) is 0 Å². The number of ether oxygens (including phenoxy) is 1. The minimum atomic E-state index is -0.514. The Bertz CT molecular complexity index is 944. The van der Waals surface area contributed by atoms with Gasteiger partial charge in [0.1, 0.15) is 5.60 Å². The molecule has 1 fully saturated rings. The molecule has 1 heterocycles. The van der Waals surface area contributed by atoms with Gasteiger partial charge in [-0.2, -0.15) is 0 Å². The number of piperidine rings is 1. The molecule has 30 heavy (non-hydrogen) atoms. The summed E-state index contributed by atoms with van der Waals surface area (Å²) in [5.41, 5.74) is 2.01. The molecule has 0 bridgehead atoms. The van der Waals surface area contributed by atoms with Gasteiger partial charge < -0.3 is 15.0 Å². The highest BCUT2D eigenvalue weighted by atomic mass is 16.6. The smallest absolute Gasteiger partial charge is 0.410 e. The Hall–Kier alpha value is -3.26. The van der Waals surface area contributed by atoms with Crippen molar-refractivity contribution in [2.75, 3.05) is 18.4 Å². The molecule has 0 aromatic heterocycles. The first kappa shape index (κ1) is 21.4. The van der Waals surface area contributed by atoms with Crippen LogP contribution in [0.1, 0.15) is 44.7 Å². The molecule has 5 heteroatoms. The number of hydrogen-bond acceptors (Lipinski definition) is 3. The Morgan fingerprint density at radius 3 is 2.27 bits per heavy atom. The highest BCUT2D eigenvalue weighted by Gasteiger charge is 2.29. The van der Waals surface area contributed by atoms with Crippen molar-refractivity contribution in [1.29, 1.82) is 0 Å². The van der Waals surface area contributed by atoms with Crippen molar-refractivity contribution in [2.45, 2.75) is 39.2 Å². The maximum atomic E-state index is 12.7. The summed E-state index contributed by atoms with van der Waals surface area (Å²) >= 11 is 0. The van der Waals surface area contributed by atoms with Gasteiger partial charge in [0.15, 0.2) is 0 Å². The highest BCUT2D eigenvalue weighted by Crippen LogP contribution is 2.21. The molecule has 0 saturated carbocycles. The maximum absolute atomic E-state index is 12.7. The number of nitrogens with one attached hydrogen (secondary N) is 1. The molecule has 2 aromatic carbocycles. The lowest BCUT2D eigenvalue weighted by Gasteiger charge is -2.32. The molecule has 3 rings (SSSR count). The zero-order valence-corrected chi connectivity index (χ0v) is 17.8. The fraction of sp³-hybridized carbons (Fsp3) is 0.360. The van der Waals surface area contributed by atoms with Crippen molar-refractivity contribution in [1.82, 2.24) is 4.90 Å². The van der Waals surface area contributed by atoms with E-state index < -0.39 is 5.60 Å². The summed E-state index contributed by atoms with van der Waals surface area (Å²) in [6, 6.07) is 17.3. The van der Waals surface area contributed by atoms with Gasteiger partial charge in [0.05, 0.1) is 0 Å². The number of nitrogens with zero attached hydrogens (tertiary/aromatic N) is 1. The second-order valence-corrected chi connectivity index (χ2v) is 8.43. The third-order valence-electron chi connectivity index (χ3n) is 4.77. The second kappa shape index (κ2) is 9.49. The monoisotopic (exact) mass is 404 g/mol. The van der Waals surface area contributed by atoms with Crippen LogP contribution in [0.2, 0.25) is 0 Å². The largest absolute Gasteiger partial charge is 0.444 e. The van der Waals surface area contributed by atoms with E-state index in [0.717, 1.165) is 16.8 Å². The lowest BCUT2D eigenvalue weighted by molar-refractivity contribution is -0.121. The van der Waals surface area contributed by atoms with Crippen molar-refractivity contribution in [2.24, 2.45) is 5.92 Å². The van der Waals surface area contributed by atoms with Crippen LogP contribution in [0.5, 0.6) is 0 Å². The summed E-state index contributed by atoms with van der Waals surface area (Å²) < 4.78 is 5.41. The van der Waals surface area contributed by atoms with Crippen molar-refractivity contribution < 1.29 is 14.3 Å². The van der Waals surface area contributed by atoms with E-state index in [2.05, 4.69) is 17.2 Å². The molecule has 1 aliphatic heterocycles. The SMILES string of the molecule is CC(C)(C)OC(=O)N1CCC(C(=O)Nc2cccc(C#Cc3ccccc3)c2)CC1. The van der Waals surface area contributed by atoms with Gasteiger partial charge in [-0.1, -0.05) is 36.1 Å². The predicted molar refractivity (Wildman–Crippen MR) is 118 cm³/mol. The first-order chi connectivity index (χ1) is 14.3. The first-order valence-electron chi connectivity index (χ1n) is 10.3. The fourth-order valence-electron chi connectivity index (χ4n) is 3.24. The van der Waals surface area contributed by atoms with Crippen molar-refractivity contribution in [3.05, 3.63) is 65.7 Å². The van der Waals surface area contributed by atoms with E-state index in [0.29, 0.717) is 25.9 Å². The number of carbonyl (C=O) groups excluding carboxylic acids is 2. The highest BCUT2D eigenvalue weighted by molar-refractivity contribution is 5.92. The van der Waals surface area contributed by atoms with Crippen LogP contribution >= 0.6 is 0 Å². The van der Waals surface area contributed by atoms with Gasteiger partial charge >= 0.3 is 6.09 Å². The van der Waals surface area contributed by atoms with Gasteiger partial charge in [0, 0.05) is 35.8 Å². The van der Waals surface area contributed by atoms with Crippen LogP contribution in [0.25, 0.3) is 0 Å². The molecule has 0 radical (unpaired) electrons. The van der Waals surface area contributed by atoms with Crippen LogP contribution in [-0.2, 0) is 9.53 Å². The summed E-state index contributed by atoms with van der Waals surface area (Å²) in [6.07, 6.45) is 0.933. The summed E-state index contributed by atoms with van der Waals surface area (Å²) in [5, 5.41) is 2.99. The molecular formula is C25H28N2O3. The van der Waals surface area contributed by atoms with E-state index in [-0.39, 0.29) is 17.9 Å². The van der Waals surface area contributed by atoms with E-state index in [9.17, 15) is 9.59 Å². The molecule has 0 spiro atoms. The number of benzene rings is 2. The Labute approximate surface area is 178 Å². The number of likely N-dealkylation sites (tertiary alicyclic amines) is 1.